The van der Waals surface area contributed by atoms with E-state index in [1.54, 1.807) is 0 Å². The number of likely N-dealkylation sites (N-methyl/N-ethyl adjacent to an activating group) is 1. The molecule has 0 aliphatic rings. The molecule has 0 aromatic carbocycles. The number of carbonyl (C=O) groups excluding carboxylic acids is 1. The van der Waals surface area contributed by atoms with Crippen molar-refractivity contribution in [2.75, 3.05) is 27.2 Å². The molecule has 0 unspecified atom stereocenters. The van der Waals surface area contributed by atoms with Gasteiger partial charge in [0.1, 0.15) is 5.69 Å². The Balaban J connectivity index is 2.70. The maximum absolute atomic E-state index is 12.5. The molecule has 1 aromatic rings. The van der Waals surface area contributed by atoms with Crippen molar-refractivity contribution in [1.29, 1.82) is 0 Å². The average Bonchev–Trinajstić information content (AvgIpc) is 2.59. The van der Waals surface area contributed by atoms with Gasteiger partial charge < -0.3 is 10.2 Å². The van der Waals surface area contributed by atoms with Crippen LogP contribution in [0.4, 0.5) is 13.2 Å². The van der Waals surface area contributed by atoms with Crippen LogP contribution in [-0.4, -0.2) is 47.8 Å². The number of carbonyl (C=O) groups is 1. The van der Waals surface area contributed by atoms with Gasteiger partial charge >= 0.3 is 6.18 Å². The minimum absolute atomic E-state index is 0.233. The Bertz CT molecular complexity index is 425. The molecule has 8 heteroatoms. The third-order valence-corrected chi connectivity index (χ3v) is 2.25. The number of amides is 1. The van der Waals surface area contributed by atoms with Crippen molar-refractivity contribution in [2.24, 2.45) is 7.05 Å². The molecule has 1 heterocycles. The Labute approximate surface area is 103 Å². The lowest BCUT2D eigenvalue weighted by atomic mass is 10.3. The summed E-state index contributed by atoms with van der Waals surface area (Å²) in [5, 5.41) is 6.04. The summed E-state index contributed by atoms with van der Waals surface area (Å²) in [5.41, 5.74) is -1.18. The molecule has 1 N–H and O–H groups in total. The first-order chi connectivity index (χ1) is 8.21. The largest absolute Gasteiger partial charge is 0.433 e. The van der Waals surface area contributed by atoms with E-state index in [2.05, 4.69) is 10.4 Å². The minimum Gasteiger partial charge on any atom is -0.349 e. The van der Waals surface area contributed by atoms with Crippen molar-refractivity contribution in [1.82, 2.24) is 20.0 Å². The molecule has 0 fully saturated rings. The van der Waals surface area contributed by atoms with E-state index in [1.165, 1.54) is 0 Å². The van der Waals surface area contributed by atoms with Gasteiger partial charge in [-0.1, -0.05) is 0 Å². The van der Waals surface area contributed by atoms with Crippen LogP contribution in [0.2, 0.25) is 0 Å². The minimum atomic E-state index is -4.51. The highest BCUT2D eigenvalue weighted by atomic mass is 19.4. The fraction of sp³-hybridized carbons (Fsp3) is 0.600. The van der Waals surface area contributed by atoms with E-state index in [1.807, 2.05) is 19.0 Å². The number of nitrogens with one attached hydrogen (secondary N) is 1. The van der Waals surface area contributed by atoms with Gasteiger partial charge in [0.2, 0.25) is 0 Å². The Morgan fingerprint density at radius 3 is 2.56 bits per heavy atom. The zero-order valence-electron chi connectivity index (χ0n) is 10.4. The highest BCUT2D eigenvalue weighted by molar-refractivity contribution is 5.92. The van der Waals surface area contributed by atoms with Crippen LogP contribution < -0.4 is 5.32 Å². The quantitative estimate of drug-likeness (QED) is 0.872. The Morgan fingerprint density at radius 2 is 2.11 bits per heavy atom. The third-order valence-electron chi connectivity index (χ3n) is 2.25. The molecule has 0 atom stereocenters. The maximum Gasteiger partial charge on any atom is 0.433 e. The van der Waals surface area contributed by atoms with Crippen LogP contribution >= 0.6 is 0 Å². The SMILES string of the molecule is CN(C)CCNC(=O)c1cc(C(F)(F)F)n(C)n1. The van der Waals surface area contributed by atoms with Gasteiger partial charge in [-0.05, 0) is 14.1 Å². The third kappa shape index (κ3) is 3.73. The summed E-state index contributed by atoms with van der Waals surface area (Å²) in [5.74, 6) is -0.608. The molecule has 1 amide bonds. The number of hydrogen-bond acceptors (Lipinski definition) is 3. The van der Waals surface area contributed by atoms with Gasteiger partial charge in [-0.15, -0.1) is 0 Å². The second-order valence-corrected chi connectivity index (χ2v) is 4.10. The number of halogens is 3. The first kappa shape index (κ1) is 14.5. The molecule has 5 nitrogen and oxygen atoms in total. The molecule has 0 aliphatic heterocycles. The summed E-state index contributed by atoms with van der Waals surface area (Å²) < 4.78 is 38.1. The zero-order valence-corrected chi connectivity index (χ0v) is 10.4. The normalized spacial score (nSPS) is 11.9. The predicted molar refractivity (Wildman–Crippen MR) is 59.1 cm³/mol. The molecule has 1 rings (SSSR count). The number of aromatic nitrogens is 2. The van der Waals surface area contributed by atoms with Crippen molar-refractivity contribution in [2.45, 2.75) is 6.18 Å². The monoisotopic (exact) mass is 264 g/mol. The van der Waals surface area contributed by atoms with Gasteiger partial charge in [0.05, 0.1) is 0 Å². The summed E-state index contributed by atoms with van der Waals surface area (Å²) in [6.07, 6.45) is -4.51. The standard InChI is InChI=1S/C10H15F3N4O/c1-16(2)5-4-14-9(18)7-6-8(10(11,12)13)17(3)15-7/h6H,4-5H2,1-3H3,(H,14,18). The smallest absolute Gasteiger partial charge is 0.349 e. The molecule has 0 spiro atoms. The van der Waals surface area contributed by atoms with E-state index >= 15 is 0 Å². The van der Waals surface area contributed by atoms with Crippen LogP contribution in [0.1, 0.15) is 16.2 Å². The van der Waals surface area contributed by atoms with Crippen LogP contribution in [0, 0.1) is 0 Å². The van der Waals surface area contributed by atoms with E-state index in [0.717, 1.165) is 13.1 Å². The van der Waals surface area contributed by atoms with Crippen LogP contribution in [0.15, 0.2) is 6.07 Å². The molecule has 0 saturated carbocycles. The lowest BCUT2D eigenvalue weighted by molar-refractivity contribution is -0.143. The summed E-state index contributed by atoms with van der Waals surface area (Å²) >= 11 is 0. The van der Waals surface area contributed by atoms with Gasteiger partial charge in [0.25, 0.3) is 5.91 Å². The van der Waals surface area contributed by atoms with Gasteiger partial charge in [0.15, 0.2) is 5.69 Å². The van der Waals surface area contributed by atoms with Gasteiger partial charge in [-0.3, -0.25) is 9.48 Å². The van der Waals surface area contributed by atoms with Crippen LogP contribution in [0.5, 0.6) is 0 Å². The average molecular weight is 264 g/mol. The van der Waals surface area contributed by atoms with Crippen LogP contribution in [0.25, 0.3) is 0 Å². The van der Waals surface area contributed by atoms with E-state index in [-0.39, 0.29) is 5.69 Å². The van der Waals surface area contributed by atoms with Crippen molar-refractivity contribution < 1.29 is 18.0 Å². The van der Waals surface area contributed by atoms with Gasteiger partial charge in [-0.25, -0.2) is 0 Å². The summed E-state index contributed by atoms with van der Waals surface area (Å²) in [7, 11) is 4.81. The van der Waals surface area contributed by atoms with Gasteiger partial charge in [0, 0.05) is 26.2 Å². The first-order valence-electron chi connectivity index (χ1n) is 5.26. The van der Waals surface area contributed by atoms with Crippen molar-refractivity contribution in [3.8, 4) is 0 Å². The fourth-order valence-corrected chi connectivity index (χ4v) is 1.33. The van der Waals surface area contributed by atoms with E-state index in [9.17, 15) is 18.0 Å². The topological polar surface area (TPSA) is 50.2 Å². The fourth-order valence-electron chi connectivity index (χ4n) is 1.33. The van der Waals surface area contributed by atoms with Crippen LogP contribution in [-0.2, 0) is 13.2 Å². The lowest BCUT2D eigenvalue weighted by Gasteiger charge is -2.09. The van der Waals surface area contributed by atoms with Gasteiger partial charge in [-0.2, -0.15) is 18.3 Å². The molecule has 102 valence electrons. The molecular formula is C10H15F3N4O. The predicted octanol–water partition coefficient (Wildman–Crippen LogP) is 0.730. The molecular weight excluding hydrogens is 249 g/mol. The first-order valence-corrected chi connectivity index (χ1v) is 5.26. The summed E-state index contributed by atoms with van der Waals surface area (Å²) in [6, 6.07) is 0.741. The van der Waals surface area contributed by atoms with E-state index in [0.29, 0.717) is 17.8 Å². The summed E-state index contributed by atoms with van der Waals surface area (Å²) in [6.45, 7) is 0.953. The molecule has 0 radical (unpaired) electrons. The Kier molecular flexibility index (Phi) is 4.33. The van der Waals surface area contributed by atoms with Crippen molar-refractivity contribution >= 4 is 5.91 Å². The molecule has 1 aromatic heterocycles. The second-order valence-electron chi connectivity index (χ2n) is 4.10. The maximum atomic E-state index is 12.5. The number of nitrogens with zero attached hydrogens (tertiary/aromatic N) is 3. The molecule has 0 saturated heterocycles. The molecule has 0 bridgehead atoms. The zero-order chi connectivity index (χ0) is 13.9. The lowest BCUT2D eigenvalue weighted by Crippen LogP contribution is -2.31. The number of hydrogen-bond donors (Lipinski definition) is 1. The Hall–Kier alpha value is -1.57. The van der Waals surface area contributed by atoms with Crippen LogP contribution in [0.3, 0.4) is 0 Å². The Morgan fingerprint density at radius 1 is 1.50 bits per heavy atom. The second kappa shape index (κ2) is 5.38. The highest BCUT2D eigenvalue weighted by Gasteiger charge is 2.35. The molecule has 18 heavy (non-hydrogen) atoms. The number of aryl methyl sites for hydroxylation is 1. The molecule has 0 aliphatic carbocycles. The summed E-state index contributed by atoms with van der Waals surface area (Å²) in [4.78, 5) is 13.4. The van der Waals surface area contributed by atoms with E-state index in [4.69, 9.17) is 0 Å². The van der Waals surface area contributed by atoms with Crippen molar-refractivity contribution in [3.05, 3.63) is 17.5 Å². The highest BCUT2D eigenvalue weighted by Crippen LogP contribution is 2.29. The number of alkyl halides is 3. The number of rotatable bonds is 4. The van der Waals surface area contributed by atoms with Crippen molar-refractivity contribution in [3.63, 3.8) is 0 Å². The van der Waals surface area contributed by atoms with E-state index < -0.39 is 17.8 Å².